The molecule has 1 aromatic carbocycles. The average molecular weight is 358 g/mol. The van der Waals surface area contributed by atoms with E-state index in [1.165, 1.54) is 0 Å². The molecule has 2 aromatic rings. The van der Waals surface area contributed by atoms with Gasteiger partial charge in [-0.2, -0.15) is 10.1 Å². The number of ether oxygens (including phenoxy) is 2. The Balaban J connectivity index is 1.63. The van der Waals surface area contributed by atoms with Crippen LogP contribution >= 0.6 is 0 Å². The molecule has 0 atom stereocenters. The molecule has 9 nitrogen and oxygen atoms in total. The number of carbonyl (C=O) groups is 1. The smallest absolute Gasteiger partial charge is 0.409 e. The molecule has 0 bridgehead atoms. The molecule has 3 rings (SSSR count). The Kier molecular flexibility index (Phi) is 5.67. The third kappa shape index (κ3) is 4.29. The molecular formula is C17H22N6O3. The first kappa shape index (κ1) is 17.7. The Hall–Kier alpha value is -3.10. The van der Waals surface area contributed by atoms with E-state index in [0.29, 0.717) is 44.6 Å². The average Bonchev–Trinajstić information content (AvgIpc) is 2.69. The number of benzene rings is 1. The largest absolute Gasteiger partial charge is 0.497 e. The van der Waals surface area contributed by atoms with Gasteiger partial charge in [0.25, 0.3) is 0 Å². The second-order valence-corrected chi connectivity index (χ2v) is 5.67. The molecule has 138 valence electrons. The molecule has 2 heterocycles. The third-order valence-corrected chi connectivity index (χ3v) is 3.98. The standard InChI is InChI=1S/C17H22N6O3/c1-3-26-17(24)23-9-7-22(8-10-23)16-20-15(12-18-21-16)19-13-5-4-6-14(11-13)25-2/h4-6,11-12H,3,7-10H2,1-2H3,(H,19,20,21). The van der Waals surface area contributed by atoms with Gasteiger partial charge in [-0.25, -0.2) is 4.79 Å². The van der Waals surface area contributed by atoms with Crippen molar-refractivity contribution >= 4 is 23.5 Å². The Bertz CT molecular complexity index is 749. The molecule has 1 aromatic heterocycles. The molecule has 1 amide bonds. The quantitative estimate of drug-likeness (QED) is 0.866. The zero-order valence-electron chi connectivity index (χ0n) is 14.9. The van der Waals surface area contributed by atoms with Crippen LogP contribution in [0.4, 0.5) is 22.2 Å². The van der Waals surface area contributed by atoms with Gasteiger partial charge in [-0.1, -0.05) is 6.07 Å². The van der Waals surface area contributed by atoms with E-state index in [-0.39, 0.29) is 6.09 Å². The van der Waals surface area contributed by atoms with Crippen LogP contribution in [0.5, 0.6) is 5.75 Å². The van der Waals surface area contributed by atoms with Crippen LogP contribution in [0.25, 0.3) is 0 Å². The van der Waals surface area contributed by atoms with Gasteiger partial charge >= 0.3 is 6.09 Å². The zero-order chi connectivity index (χ0) is 18.4. The maximum atomic E-state index is 11.8. The Morgan fingerprint density at radius 3 is 2.81 bits per heavy atom. The first-order valence-corrected chi connectivity index (χ1v) is 8.47. The van der Waals surface area contributed by atoms with E-state index in [4.69, 9.17) is 9.47 Å². The van der Waals surface area contributed by atoms with E-state index in [9.17, 15) is 4.79 Å². The van der Waals surface area contributed by atoms with Gasteiger partial charge in [0, 0.05) is 37.9 Å². The predicted octanol–water partition coefficient (Wildman–Crippen LogP) is 1.90. The number of nitrogens with one attached hydrogen (secondary N) is 1. The van der Waals surface area contributed by atoms with Crippen molar-refractivity contribution in [2.45, 2.75) is 6.92 Å². The van der Waals surface area contributed by atoms with Gasteiger partial charge in [0.1, 0.15) is 5.75 Å². The van der Waals surface area contributed by atoms with Gasteiger partial charge in [-0.3, -0.25) is 0 Å². The van der Waals surface area contributed by atoms with Crippen molar-refractivity contribution in [1.29, 1.82) is 0 Å². The van der Waals surface area contributed by atoms with Crippen LogP contribution in [-0.4, -0.2) is 66.1 Å². The lowest BCUT2D eigenvalue weighted by atomic mass is 10.3. The summed E-state index contributed by atoms with van der Waals surface area (Å²) in [7, 11) is 1.62. The fourth-order valence-corrected chi connectivity index (χ4v) is 2.64. The summed E-state index contributed by atoms with van der Waals surface area (Å²) in [6.45, 7) is 4.57. The van der Waals surface area contributed by atoms with E-state index in [1.807, 2.05) is 29.2 Å². The summed E-state index contributed by atoms with van der Waals surface area (Å²) in [5.74, 6) is 1.88. The number of rotatable bonds is 5. The number of nitrogens with zero attached hydrogens (tertiary/aromatic N) is 5. The lowest BCUT2D eigenvalue weighted by Crippen LogP contribution is -2.49. The van der Waals surface area contributed by atoms with Crippen molar-refractivity contribution in [1.82, 2.24) is 20.1 Å². The maximum absolute atomic E-state index is 11.8. The highest BCUT2D eigenvalue weighted by Gasteiger charge is 2.23. The molecule has 0 unspecified atom stereocenters. The molecule has 9 heteroatoms. The van der Waals surface area contributed by atoms with E-state index in [0.717, 1.165) is 11.4 Å². The number of hydrogen-bond donors (Lipinski definition) is 1. The summed E-state index contributed by atoms with van der Waals surface area (Å²) in [6, 6.07) is 7.56. The Labute approximate surface area is 151 Å². The molecule has 1 aliphatic rings. The number of carbonyl (C=O) groups excluding carboxylic acids is 1. The van der Waals surface area contributed by atoms with Gasteiger partial charge in [0.05, 0.1) is 19.9 Å². The molecule has 0 aliphatic carbocycles. The van der Waals surface area contributed by atoms with Crippen molar-refractivity contribution in [3.8, 4) is 5.75 Å². The molecule has 1 saturated heterocycles. The summed E-state index contributed by atoms with van der Waals surface area (Å²) >= 11 is 0. The minimum atomic E-state index is -0.278. The molecule has 1 aliphatic heterocycles. The summed E-state index contributed by atoms with van der Waals surface area (Å²) < 4.78 is 10.3. The molecule has 1 fully saturated rings. The lowest BCUT2D eigenvalue weighted by Gasteiger charge is -2.33. The van der Waals surface area contributed by atoms with Gasteiger partial charge in [-0.15, -0.1) is 5.10 Å². The van der Waals surface area contributed by atoms with Crippen LogP contribution in [0.2, 0.25) is 0 Å². The summed E-state index contributed by atoms with van der Waals surface area (Å²) in [5.41, 5.74) is 0.850. The normalized spacial score (nSPS) is 14.1. The van der Waals surface area contributed by atoms with Crippen molar-refractivity contribution in [3.05, 3.63) is 30.5 Å². The van der Waals surface area contributed by atoms with Crippen LogP contribution in [-0.2, 0) is 4.74 Å². The van der Waals surface area contributed by atoms with Crippen molar-refractivity contribution in [2.24, 2.45) is 0 Å². The van der Waals surface area contributed by atoms with Crippen LogP contribution in [0.3, 0.4) is 0 Å². The molecule has 0 spiro atoms. The van der Waals surface area contributed by atoms with Crippen LogP contribution in [0.15, 0.2) is 30.5 Å². The highest BCUT2D eigenvalue weighted by molar-refractivity contribution is 5.68. The summed E-state index contributed by atoms with van der Waals surface area (Å²) in [4.78, 5) is 20.0. The zero-order valence-corrected chi connectivity index (χ0v) is 14.9. The van der Waals surface area contributed by atoms with Gasteiger partial charge in [0.15, 0.2) is 5.82 Å². The molecule has 0 radical (unpaired) electrons. The van der Waals surface area contributed by atoms with E-state index >= 15 is 0 Å². The first-order valence-electron chi connectivity index (χ1n) is 8.47. The molecule has 0 saturated carbocycles. The van der Waals surface area contributed by atoms with E-state index in [1.54, 1.807) is 25.1 Å². The number of anilines is 3. The maximum Gasteiger partial charge on any atom is 0.409 e. The topological polar surface area (TPSA) is 92.7 Å². The SMILES string of the molecule is CCOC(=O)N1CCN(c2nncc(Nc3cccc(OC)c3)n2)CC1. The van der Waals surface area contributed by atoms with Gasteiger partial charge in [0.2, 0.25) is 5.95 Å². The fraction of sp³-hybridized carbons (Fsp3) is 0.412. The van der Waals surface area contributed by atoms with Gasteiger partial charge < -0.3 is 24.6 Å². The van der Waals surface area contributed by atoms with E-state index in [2.05, 4.69) is 20.5 Å². The fourth-order valence-electron chi connectivity index (χ4n) is 2.64. The second-order valence-electron chi connectivity index (χ2n) is 5.67. The number of amides is 1. The highest BCUT2D eigenvalue weighted by Crippen LogP contribution is 2.21. The third-order valence-electron chi connectivity index (χ3n) is 3.98. The molecular weight excluding hydrogens is 336 g/mol. The van der Waals surface area contributed by atoms with Crippen LogP contribution < -0.4 is 15.0 Å². The highest BCUT2D eigenvalue weighted by atomic mass is 16.6. The Morgan fingerprint density at radius 1 is 1.27 bits per heavy atom. The van der Waals surface area contributed by atoms with Crippen LogP contribution in [0.1, 0.15) is 6.92 Å². The minimum Gasteiger partial charge on any atom is -0.497 e. The molecule has 1 N–H and O–H groups in total. The predicted molar refractivity (Wildman–Crippen MR) is 96.9 cm³/mol. The number of piperazine rings is 1. The van der Waals surface area contributed by atoms with Crippen molar-refractivity contribution in [3.63, 3.8) is 0 Å². The number of aromatic nitrogens is 3. The second kappa shape index (κ2) is 8.32. The summed E-state index contributed by atoms with van der Waals surface area (Å²) in [5, 5.41) is 11.3. The summed E-state index contributed by atoms with van der Waals surface area (Å²) in [6.07, 6.45) is 1.29. The first-order chi connectivity index (χ1) is 12.7. The van der Waals surface area contributed by atoms with Gasteiger partial charge in [-0.05, 0) is 19.1 Å². The van der Waals surface area contributed by atoms with Crippen molar-refractivity contribution in [2.75, 3.05) is 50.1 Å². The monoisotopic (exact) mass is 358 g/mol. The van der Waals surface area contributed by atoms with Crippen molar-refractivity contribution < 1.29 is 14.3 Å². The molecule has 26 heavy (non-hydrogen) atoms. The van der Waals surface area contributed by atoms with E-state index < -0.39 is 0 Å². The number of hydrogen-bond acceptors (Lipinski definition) is 8. The van der Waals surface area contributed by atoms with Crippen LogP contribution in [0, 0.1) is 0 Å². The Morgan fingerprint density at radius 2 is 2.08 bits per heavy atom. The minimum absolute atomic E-state index is 0.278. The number of methoxy groups -OCH3 is 1. The lowest BCUT2D eigenvalue weighted by molar-refractivity contribution is 0.105.